The number of carbonyl (C=O) groups is 3. The Hall–Kier alpha value is -3.29. The number of Topliss-reactive ketones (excluding diaryl/α,β-unsaturated/α-hetero) is 1. The van der Waals surface area contributed by atoms with E-state index in [9.17, 15) is 19.5 Å². The number of aromatic amines is 1. The van der Waals surface area contributed by atoms with Gasteiger partial charge in [-0.05, 0) is 38.5 Å². The summed E-state index contributed by atoms with van der Waals surface area (Å²) in [5.41, 5.74) is 1.23. The number of aromatic nitrogens is 1. The van der Waals surface area contributed by atoms with Gasteiger partial charge in [0.2, 0.25) is 5.78 Å². The number of aryl methyl sites for hydroxylation is 1. The number of ether oxygens (including phenoxy) is 3. The van der Waals surface area contributed by atoms with Gasteiger partial charge in [0.1, 0.15) is 17.1 Å². The number of esters is 2. The number of methoxy groups -OCH3 is 2. The molecule has 1 atom stereocenters. The van der Waals surface area contributed by atoms with E-state index in [2.05, 4.69) is 4.98 Å². The van der Waals surface area contributed by atoms with Gasteiger partial charge in [-0.2, -0.15) is 0 Å². The molecule has 0 bridgehead atoms. The molecule has 0 aliphatic rings. The molecular formula is C19H21NO7. The van der Waals surface area contributed by atoms with Crippen LogP contribution in [0.25, 0.3) is 0 Å². The highest BCUT2D eigenvalue weighted by Gasteiger charge is 2.28. The van der Waals surface area contributed by atoms with Crippen LogP contribution in [0.2, 0.25) is 0 Å². The zero-order valence-electron chi connectivity index (χ0n) is 15.7. The minimum atomic E-state index is -1.14. The average Bonchev–Trinajstić information content (AvgIpc) is 2.94. The van der Waals surface area contributed by atoms with Crippen LogP contribution in [0.5, 0.6) is 11.5 Å². The third-order valence-corrected chi connectivity index (χ3v) is 4.15. The zero-order chi connectivity index (χ0) is 20.3. The van der Waals surface area contributed by atoms with Crippen molar-refractivity contribution in [1.82, 2.24) is 4.98 Å². The van der Waals surface area contributed by atoms with Crippen molar-refractivity contribution in [2.75, 3.05) is 14.2 Å². The van der Waals surface area contributed by atoms with Gasteiger partial charge in [0.15, 0.2) is 6.10 Å². The molecule has 0 aliphatic heterocycles. The molecule has 2 aromatic rings. The molecule has 1 unspecified atom stereocenters. The lowest BCUT2D eigenvalue weighted by molar-refractivity contribution is 0.0314. The number of hydrogen-bond donors (Lipinski definition) is 2. The van der Waals surface area contributed by atoms with Crippen molar-refractivity contribution in [3.05, 3.63) is 46.3 Å². The van der Waals surface area contributed by atoms with Crippen LogP contribution in [0.15, 0.2) is 18.2 Å². The molecule has 8 heteroatoms. The minimum absolute atomic E-state index is 0.0925. The topological polar surface area (TPSA) is 115 Å². The first-order chi connectivity index (χ1) is 12.7. The summed E-state index contributed by atoms with van der Waals surface area (Å²) in [7, 11) is 2.68. The van der Waals surface area contributed by atoms with Gasteiger partial charge in [0, 0.05) is 11.8 Å². The zero-order valence-corrected chi connectivity index (χ0v) is 15.7. The van der Waals surface area contributed by atoms with Crippen molar-refractivity contribution in [2.24, 2.45) is 0 Å². The number of aromatic hydroxyl groups is 1. The van der Waals surface area contributed by atoms with Crippen LogP contribution in [-0.4, -0.2) is 48.1 Å². The molecule has 0 aliphatic carbocycles. The molecule has 0 saturated heterocycles. The summed E-state index contributed by atoms with van der Waals surface area (Å²) in [5, 5.41) is 9.91. The van der Waals surface area contributed by atoms with E-state index in [4.69, 9.17) is 14.2 Å². The number of H-pyrrole nitrogens is 1. The van der Waals surface area contributed by atoms with Crippen LogP contribution in [0.1, 0.15) is 49.4 Å². The molecule has 2 rings (SSSR count). The number of ketones is 1. The Morgan fingerprint density at radius 1 is 1.11 bits per heavy atom. The van der Waals surface area contributed by atoms with E-state index in [1.165, 1.54) is 39.3 Å². The third kappa shape index (κ3) is 3.94. The van der Waals surface area contributed by atoms with E-state index < -0.39 is 23.8 Å². The minimum Gasteiger partial charge on any atom is -0.507 e. The number of phenols is 1. The fourth-order valence-corrected chi connectivity index (χ4v) is 2.70. The first kappa shape index (κ1) is 20.0. The number of phenolic OH excluding ortho intramolecular Hbond substituents is 1. The highest BCUT2D eigenvalue weighted by atomic mass is 16.5. The highest BCUT2D eigenvalue weighted by molar-refractivity contribution is 6.04. The van der Waals surface area contributed by atoms with Crippen molar-refractivity contribution in [3.8, 4) is 11.5 Å². The number of rotatable bonds is 6. The van der Waals surface area contributed by atoms with Crippen LogP contribution >= 0.6 is 0 Å². The van der Waals surface area contributed by atoms with Gasteiger partial charge in [0.25, 0.3) is 0 Å². The predicted octanol–water partition coefficient (Wildman–Crippen LogP) is 2.56. The SMILES string of the molecule is COC(=O)c1c(C)[nH]c(C(=O)C(C)OC(=O)c2ccc(OC)cc2O)c1C. The molecule has 1 heterocycles. The first-order valence-electron chi connectivity index (χ1n) is 8.10. The monoisotopic (exact) mass is 375 g/mol. The third-order valence-electron chi connectivity index (χ3n) is 4.15. The van der Waals surface area contributed by atoms with Crippen molar-refractivity contribution in [2.45, 2.75) is 26.9 Å². The summed E-state index contributed by atoms with van der Waals surface area (Å²) in [4.78, 5) is 39.6. The maximum Gasteiger partial charge on any atom is 0.342 e. The summed E-state index contributed by atoms with van der Waals surface area (Å²) in [6.07, 6.45) is -1.14. The Bertz CT molecular complexity index is 898. The van der Waals surface area contributed by atoms with Crippen molar-refractivity contribution in [1.29, 1.82) is 0 Å². The fraction of sp³-hybridized carbons (Fsp3) is 0.316. The molecule has 0 saturated carbocycles. The second-order valence-corrected chi connectivity index (χ2v) is 5.91. The smallest absolute Gasteiger partial charge is 0.342 e. The Balaban J connectivity index is 2.21. The number of benzene rings is 1. The van der Waals surface area contributed by atoms with E-state index in [-0.39, 0.29) is 22.6 Å². The van der Waals surface area contributed by atoms with E-state index >= 15 is 0 Å². The maximum atomic E-state index is 12.7. The normalized spacial score (nSPS) is 11.6. The maximum absolute atomic E-state index is 12.7. The summed E-state index contributed by atoms with van der Waals surface area (Å²) in [6, 6.07) is 4.10. The summed E-state index contributed by atoms with van der Waals surface area (Å²) in [6.45, 7) is 4.66. The summed E-state index contributed by atoms with van der Waals surface area (Å²) < 4.78 is 14.8. The Labute approximate surface area is 156 Å². The average molecular weight is 375 g/mol. The lowest BCUT2D eigenvalue weighted by Crippen LogP contribution is -2.25. The number of nitrogens with one attached hydrogen (secondary N) is 1. The van der Waals surface area contributed by atoms with E-state index in [0.717, 1.165) is 0 Å². The summed E-state index contributed by atoms with van der Waals surface area (Å²) >= 11 is 0. The van der Waals surface area contributed by atoms with Gasteiger partial charge in [-0.15, -0.1) is 0 Å². The Kier molecular flexibility index (Phi) is 5.89. The van der Waals surface area contributed by atoms with E-state index in [1.54, 1.807) is 13.8 Å². The van der Waals surface area contributed by atoms with Crippen LogP contribution in [-0.2, 0) is 9.47 Å². The molecule has 27 heavy (non-hydrogen) atoms. The van der Waals surface area contributed by atoms with E-state index in [0.29, 0.717) is 17.0 Å². The van der Waals surface area contributed by atoms with Crippen LogP contribution in [0.3, 0.4) is 0 Å². The van der Waals surface area contributed by atoms with Gasteiger partial charge in [0.05, 0.1) is 25.5 Å². The molecule has 0 amide bonds. The quantitative estimate of drug-likeness (QED) is 0.589. The van der Waals surface area contributed by atoms with E-state index in [1.807, 2.05) is 0 Å². The van der Waals surface area contributed by atoms with Crippen molar-refractivity contribution >= 4 is 17.7 Å². The Morgan fingerprint density at radius 3 is 2.33 bits per heavy atom. The Morgan fingerprint density at radius 2 is 1.78 bits per heavy atom. The second-order valence-electron chi connectivity index (χ2n) is 5.91. The molecule has 8 nitrogen and oxygen atoms in total. The van der Waals surface area contributed by atoms with Crippen molar-refractivity contribution in [3.63, 3.8) is 0 Å². The second kappa shape index (κ2) is 7.94. The molecule has 2 N–H and O–H groups in total. The highest BCUT2D eigenvalue weighted by Crippen LogP contribution is 2.25. The first-order valence-corrected chi connectivity index (χ1v) is 8.10. The molecule has 1 aromatic carbocycles. The lowest BCUT2D eigenvalue weighted by atomic mass is 10.1. The van der Waals surface area contributed by atoms with Gasteiger partial charge in [-0.3, -0.25) is 4.79 Å². The molecule has 0 spiro atoms. The van der Waals surface area contributed by atoms with Gasteiger partial charge < -0.3 is 24.3 Å². The molecular weight excluding hydrogens is 354 g/mol. The fourth-order valence-electron chi connectivity index (χ4n) is 2.70. The van der Waals surface area contributed by atoms with Gasteiger partial charge >= 0.3 is 11.9 Å². The van der Waals surface area contributed by atoms with Crippen LogP contribution in [0.4, 0.5) is 0 Å². The number of carbonyl (C=O) groups excluding carboxylic acids is 3. The molecule has 0 radical (unpaired) electrons. The standard InChI is InChI=1S/C19H21NO7/c1-9-15(19(24)26-5)10(2)20-16(9)17(22)11(3)27-18(23)13-7-6-12(25-4)8-14(13)21/h6-8,11,20-21H,1-5H3. The number of hydrogen-bond acceptors (Lipinski definition) is 7. The van der Waals surface area contributed by atoms with Gasteiger partial charge in [-0.1, -0.05) is 0 Å². The molecule has 144 valence electrons. The summed E-state index contributed by atoms with van der Waals surface area (Å²) in [5.74, 6) is -1.87. The predicted molar refractivity (Wildman–Crippen MR) is 95.5 cm³/mol. The van der Waals surface area contributed by atoms with Gasteiger partial charge in [-0.25, -0.2) is 9.59 Å². The van der Waals surface area contributed by atoms with Crippen molar-refractivity contribution < 1.29 is 33.7 Å². The molecule has 0 fully saturated rings. The van der Waals surface area contributed by atoms with Crippen LogP contribution in [0, 0.1) is 13.8 Å². The molecule has 1 aromatic heterocycles. The largest absolute Gasteiger partial charge is 0.507 e. The van der Waals surface area contributed by atoms with Crippen LogP contribution < -0.4 is 4.74 Å². The lowest BCUT2D eigenvalue weighted by Gasteiger charge is -2.13.